The summed E-state index contributed by atoms with van der Waals surface area (Å²) >= 11 is 6.09. The van der Waals surface area contributed by atoms with Crippen molar-refractivity contribution in [2.24, 2.45) is 0 Å². The lowest BCUT2D eigenvalue weighted by atomic mass is 10.2. The molecule has 1 heterocycles. The third-order valence-corrected chi connectivity index (χ3v) is 5.91. The second-order valence-electron chi connectivity index (χ2n) is 5.53. The van der Waals surface area contributed by atoms with Crippen LogP contribution in [-0.2, 0) is 16.4 Å². The van der Waals surface area contributed by atoms with Gasteiger partial charge in [0.2, 0.25) is 10.0 Å². The summed E-state index contributed by atoms with van der Waals surface area (Å²) in [4.78, 5) is 4.13. The highest BCUT2D eigenvalue weighted by Gasteiger charge is 2.22. The van der Waals surface area contributed by atoms with Crippen LogP contribution in [0.3, 0.4) is 0 Å². The van der Waals surface area contributed by atoms with Gasteiger partial charge in [-0.15, -0.1) is 0 Å². The van der Waals surface area contributed by atoms with Crippen LogP contribution in [-0.4, -0.2) is 36.5 Å². The fourth-order valence-corrected chi connectivity index (χ4v) is 3.70. The van der Waals surface area contributed by atoms with Gasteiger partial charge < -0.3 is 4.52 Å². The Morgan fingerprint density at radius 2 is 1.96 bits per heavy atom. The van der Waals surface area contributed by atoms with E-state index in [-0.39, 0.29) is 23.8 Å². The SMILES string of the molecule is CN(CCc1noc(-c2ccccc2Cl)n1)S(=O)(=O)c1cccc(F)c1. The number of sulfonamides is 1. The maximum atomic E-state index is 13.3. The van der Waals surface area contributed by atoms with Crippen LogP contribution in [0.4, 0.5) is 4.39 Å². The number of likely N-dealkylation sites (N-methyl/N-ethyl adjacent to an activating group) is 1. The molecule has 1 aromatic heterocycles. The van der Waals surface area contributed by atoms with Crippen LogP contribution >= 0.6 is 11.6 Å². The Morgan fingerprint density at radius 3 is 2.69 bits per heavy atom. The van der Waals surface area contributed by atoms with Crippen LogP contribution in [0, 0.1) is 5.82 Å². The lowest BCUT2D eigenvalue weighted by molar-refractivity contribution is 0.415. The number of aromatic nitrogens is 2. The molecule has 0 N–H and O–H groups in total. The Kier molecular flexibility index (Phi) is 5.36. The molecule has 26 heavy (non-hydrogen) atoms. The van der Waals surface area contributed by atoms with Crippen LogP contribution in [0.1, 0.15) is 5.82 Å². The van der Waals surface area contributed by atoms with Gasteiger partial charge in [0.05, 0.1) is 15.5 Å². The van der Waals surface area contributed by atoms with Crippen molar-refractivity contribution in [3.63, 3.8) is 0 Å². The number of hydrogen-bond acceptors (Lipinski definition) is 5. The van der Waals surface area contributed by atoms with E-state index in [2.05, 4.69) is 10.1 Å². The summed E-state index contributed by atoms with van der Waals surface area (Å²) in [7, 11) is -2.39. The minimum absolute atomic E-state index is 0.107. The summed E-state index contributed by atoms with van der Waals surface area (Å²) in [5, 5.41) is 4.33. The van der Waals surface area contributed by atoms with Crippen molar-refractivity contribution in [1.29, 1.82) is 0 Å². The first-order valence-electron chi connectivity index (χ1n) is 7.67. The van der Waals surface area contributed by atoms with Crippen molar-refractivity contribution in [2.75, 3.05) is 13.6 Å². The smallest absolute Gasteiger partial charge is 0.259 e. The number of rotatable bonds is 6. The highest BCUT2D eigenvalue weighted by molar-refractivity contribution is 7.89. The summed E-state index contributed by atoms with van der Waals surface area (Å²) in [5.74, 6) is 0.00415. The van der Waals surface area contributed by atoms with E-state index in [0.717, 1.165) is 10.4 Å². The fraction of sp³-hybridized carbons (Fsp3) is 0.176. The van der Waals surface area contributed by atoms with Gasteiger partial charge in [-0.2, -0.15) is 4.98 Å². The molecule has 9 heteroatoms. The van der Waals surface area contributed by atoms with E-state index in [4.69, 9.17) is 16.1 Å². The molecule has 0 amide bonds. The van der Waals surface area contributed by atoms with Gasteiger partial charge in [0.1, 0.15) is 5.82 Å². The maximum absolute atomic E-state index is 13.3. The Bertz CT molecular complexity index is 1020. The zero-order valence-corrected chi connectivity index (χ0v) is 15.3. The molecule has 0 saturated heterocycles. The highest BCUT2D eigenvalue weighted by atomic mass is 35.5. The first-order chi connectivity index (χ1) is 12.4. The predicted octanol–water partition coefficient (Wildman–Crippen LogP) is 3.39. The summed E-state index contributed by atoms with van der Waals surface area (Å²) in [5.41, 5.74) is 0.605. The number of nitrogens with zero attached hydrogens (tertiary/aromatic N) is 3. The third-order valence-electron chi connectivity index (χ3n) is 3.73. The largest absolute Gasteiger partial charge is 0.334 e. The van der Waals surface area contributed by atoms with Gasteiger partial charge in [-0.05, 0) is 30.3 Å². The second-order valence-corrected chi connectivity index (χ2v) is 7.98. The molecule has 136 valence electrons. The molecule has 0 aliphatic rings. The highest BCUT2D eigenvalue weighted by Crippen LogP contribution is 2.26. The van der Waals surface area contributed by atoms with Crippen LogP contribution in [0.15, 0.2) is 57.9 Å². The lowest BCUT2D eigenvalue weighted by Gasteiger charge is -2.16. The van der Waals surface area contributed by atoms with E-state index in [1.165, 1.54) is 25.2 Å². The first kappa shape index (κ1) is 18.5. The van der Waals surface area contributed by atoms with Gasteiger partial charge in [0, 0.05) is 20.0 Å². The van der Waals surface area contributed by atoms with Crippen LogP contribution in [0.5, 0.6) is 0 Å². The Balaban J connectivity index is 1.70. The average molecular weight is 396 g/mol. The van der Waals surface area contributed by atoms with E-state index in [0.29, 0.717) is 16.4 Å². The molecule has 0 atom stereocenters. The molecule has 0 aliphatic carbocycles. The van der Waals surface area contributed by atoms with Gasteiger partial charge >= 0.3 is 0 Å². The zero-order chi connectivity index (χ0) is 18.7. The van der Waals surface area contributed by atoms with E-state index in [1.54, 1.807) is 24.3 Å². The zero-order valence-electron chi connectivity index (χ0n) is 13.8. The normalized spacial score (nSPS) is 11.8. The standard InChI is InChI=1S/C17H15ClFN3O3S/c1-22(26(23,24)13-6-4-5-12(19)11-13)10-9-16-20-17(25-21-16)14-7-2-3-8-15(14)18/h2-8,11H,9-10H2,1H3. The number of halogens is 2. The Labute approximate surface area is 155 Å². The molecule has 2 aromatic carbocycles. The minimum Gasteiger partial charge on any atom is -0.334 e. The van der Waals surface area contributed by atoms with Crippen molar-refractivity contribution >= 4 is 21.6 Å². The van der Waals surface area contributed by atoms with Crippen LogP contribution in [0.2, 0.25) is 5.02 Å². The fourth-order valence-electron chi connectivity index (χ4n) is 2.28. The van der Waals surface area contributed by atoms with E-state index in [1.807, 2.05) is 0 Å². The van der Waals surface area contributed by atoms with E-state index < -0.39 is 15.8 Å². The van der Waals surface area contributed by atoms with Crippen molar-refractivity contribution in [1.82, 2.24) is 14.4 Å². The van der Waals surface area contributed by atoms with Crippen molar-refractivity contribution in [2.45, 2.75) is 11.3 Å². The molecule has 3 aromatic rings. The molecule has 0 fully saturated rings. The van der Waals surface area contributed by atoms with Gasteiger partial charge in [-0.3, -0.25) is 0 Å². The summed E-state index contributed by atoms with van der Waals surface area (Å²) < 4.78 is 44.5. The van der Waals surface area contributed by atoms with Crippen LogP contribution in [0.25, 0.3) is 11.5 Å². The molecule has 6 nitrogen and oxygen atoms in total. The second kappa shape index (κ2) is 7.53. The Morgan fingerprint density at radius 1 is 1.19 bits per heavy atom. The average Bonchev–Trinajstić information content (AvgIpc) is 3.08. The molecule has 0 aliphatic heterocycles. The van der Waals surface area contributed by atoms with Crippen LogP contribution < -0.4 is 0 Å². The van der Waals surface area contributed by atoms with Gasteiger partial charge in [-0.1, -0.05) is 35.0 Å². The molecule has 0 bridgehead atoms. The monoisotopic (exact) mass is 395 g/mol. The van der Waals surface area contributed by atoms with Crippen molar-refractivity contribution in [3.8, 4) is 11.5 Å². The van der Waals surface area contributed by atoms with Crippen molar-refractivity contribution < 1.29 is 17.3 Å². The summed E-state index contributed by atoms with van der Waals surface area (Å²) in [6.07, 6.45) is 0.235. The molecule has 0 unspecified atom stereocenters. The first-order valence-corrected chi connectivity index (χ1v) is 9.49. The molecular weight excluding hydrogens is 381 g/mol. The lowest BCUT2D eigenvalue weighted by Crippen LogP contribution is -2.29. The van der Waals surface area contributed by atoms with E-state index >= 15 is 0 Å². The third kappa shape index (κ3) is 3.92. The summed E-state index contributed by atoms with van der Waals surface area (Å²) in [6.45, 7) is 0.111. The predicted molar refractivity (Wildman–Crippen MR) is 94.7 cm³/mol. The molecular formula is C17H15ClFN3O3S. The van der Waals surface area contributed by atoms with Crippen molar-refractivity contribution in [3.05, 3.63) is 65.2 Å². The van der Waals surface area contributed by atoms with Gasteiger partial charge in [0.25, 0.3) is 5.89 Å². The molecule has 0 spiro atoms. The van der Waals surface area contributed by atoms with E-state index in [9.17, 15) is 12.8 Å². The molecule has 3 rings (SSSR count). The topological polar surface area (TPSA) is 76.3 Å². The Hall–Kier alpha value is -2.29. The van der Waals surface area contributed by atoms with Gasteiger partial charge in [-0.25, -0.2) is 17.1 Å². The van der Waals surface area contributed by atoms with Gasteiger partial charge in [0.15, 0.2) is 5.82 Å². The quantitative estimate of drug-likeness (QED) is 0.639. The maximum Gasteiger partial charge on any atom is 0.259 e. The number of hydrogen-bond donors (Lipinski definition) is 0. The summed E-state index contributed by atoms with van der Waals surface area (Å²) in [6, 6.07) is 11.9. The molecule has 0 radical (unpaired) electrons. The molecule has 0 saturated carbocycles. The number of benzene rings is 2. The minimum atomic E-state index is -3.80.